The van der Waals surface area contributed by atoms with Gasteiger partial charge < -0.3 is 10.5 Å². The van der Waals surface area contributed by atoms with Crippen molar-refractivity contribution in [1.29, 1.82) is 0 Å². The van der Waals surface area contributed by atoms with E-state index in [9.17, 15) is 0 Å². The number of benzene rings is 2. The number of hydrogen-bond donors (Lipinski definition) is 1. The van der Waals surface area contributed by atoms with Crippen LogP contribution in [-0.4, -0.2) is 0 Å². The highest BCUT2D eigenvalue weighted by molar-refractivity contribution is 9.10. The molecule has 3 heteroatoms. The van der Waals surface area contributed by atoms with Gasteiger partial charge in [0.15, 0.2) is 0 Å². The van der Waals surface area contributed by atoms with Crippen LogP contribution in [0, 0.1) is 6.92 Å². The zero-order valence-electron chi connectivity index (χ0n) is 10.3. The van der Waals surface area contributed by atoms with Crippen molar-refractivity contribution < 1.29 is 4.74 Å². The molecule has 2 N–H and O–H groups in total. The largest absolute Gasteiger partial charge is 0.489 e. The average molecular weight is 306 g/mol. The molecule has 0 saturated carbocycles. The van der Waals surface area contributed by atoms with Gasteiger partial charge in [-0.3, -0.25) is 0 Å². The zero-order chi connectivity index (χ0) is 13.0. The highest BCUT2D eigenvalue weighted by Crippen LogP contribution is 2.21. The summed E-state index contributed by atoms with van der Waals surface area (Å²) in [6.07, 6.45) is 0. The van der Waals surface area contributed by atoms with E-state index >= 15 is 0 Å². The van der Waals surface area contributed by atoms with Crippen LogP contribution in [0.25, 0.3) is 0 Å². The Balaban J connectivity index is 2.10. The lowest BCUT2D eigenvalue weighted by atomic mass is 10.1. The van der Waals surface area contributed by atoms with Crippen LogP contribution in [0.2, 0.25) is 0 Å². The second-order valence-electron chi connectivity index (χ2n) is 4.23. The number of aryl methyl sites for hydroxylation is 1. The quantitative estimate of drug-likeness (QED) is 0.932. The van der Waals surface area contributed by atoms with Crippen molar-refractivity contribution >= 4 is 15.9 Å². The molecule has 2 nitrogen and oxygen atoms in total. The summed E-state index contributed by atoms with van der Waals surface area (Å²) in [5.74, 6) is 0.864. The number of rotatable bonds is 4. The Morgan fingerprint density at radius 2 is 2.00 bits per heavy atom. The van der Waals surface area contributed by atoms with Crippen molar-refractivity contribution in [3.05, 3.63) is 63.6 Å². The summed E-state index contributed by atoms with van der Waals surface area (Å²) in [7, 11) is 0. The molecule has 0 atom stereocenters. The van der Waals surface area contributed by atoms with Crippen LogP contribution in [-0.2, 0) is 13.2 Å². The van der Waals surface area contributed by atoms with Gasteiger partial charge in [-0.1, -0.05) is 45.8 Å². The van der Waals surface area contributed by atoms with Crippen LogP contribution in [0.5, 0.6) is 5.75 Å². The monoisotopic (exact) mass is 305 g/mol. The summed E-state index contributed by atoms with van der Waals surface area (Å²) in [6, 6.07) is 14.2. The van der Waals surface area contributed by atoms with Crippen LogP contribution in [0.15, 0.2) is 46.9 Å². The fraction of sp³-hybridized carbons (Fsp3) is 0.200. The van der Waals surface area contributed by atoms with Gasteiger partial charge in [-0.25, -0.2) is 0 Å². The van der Waals surface area contributed by atoms with Crippen molar-refractivity contribution in [2.75, 3.05) is 0 Å². The first-order chi connectivity index (χ1) is 8.69. The first kappa shape index (κ1) is 13.1. The van der Waals surface area contributed by atoms with E-state index in [2.05, 4.69) is 35.0 Å². The summed E-state index contributed by atoms with van der Waals surface area (Å²) >= 11 is 3.45. The lowest BCUT2D eigenvalue weighted by Gasteiger charge is -2.11. The Labute approximate surface area is 116 Å². The van der Waals surface area contributed by atoms with E-state index in [1.54, 1.807) is 0 Å². The molecule has 0 radical (unpaired) electrons. The van der Waals surface area contributed by atoms with Gasteiger partial charge >= 0.3 is 0 Å². The zero-order valence-corrected chi connectivity index (χ0v) is 11.9. The van der Waals surface area contributed by atoms with Gasteiger partial charge in [-0.2, -0.15) is 0 Å². The minimum absolute atomic E-state index is 0.496. The van der Waals surface area contributed by atoms with Crippen LogP contribution < -0.4 is 10.5 Å². The lowest BCUT2D eigenvalue weighted by Crippen LogP contribution is -2.03. The van der Waals surface area contributed by atoms with Gasteiger partial charge in [0.25, 0.3) is 0 Å². The van der Waals surface area contributed by atoms with Gasteiger partial charge in [0.05, 0.1) is 0 Å². The topological polar surface area (TPSA) is 35.2 Å². The summed E-state index contributed by atoms with van der Waals surface area (Å²) in [5, 5.41) is 0. The van der Waals surface area contributed by atoms with E-state index in [1.807, 2.05) is 30.3 Å². The fourth-order valence-corrected chi connectivity index (χ4v) is 2.24. The summed E-state index contributed by atoms with van der Waals surface area (Å²) in [6.45, 7) is 3.10. The highest BCUT2D eigenvalue weighted by Gasteiger charge is 2.03. The van der Waals surface area contributed by atoms with Gasteiger partial charge in [0.2, 0.25) is 0 Å². The minimum atomic E-state index is 0.496. The van der Waals surface area contributed by atoms with E-state index in [1.165, 1.54) is 5.56 Å². The number of halogens is 1. The molecular weight excluding hydrogens is 290 g/mol. The number of ether oxygens (including phenoxy) is 1. The van der Waals surface area contributed by atoms with Crippen LogP contribution in [0.4, 0.5) is 0 Å². The molecule has 0 heterocycles. The fourth-order valence-electron chi connectivity index (χ4n) is 1.80. The van der Waals surface area contributed by atoms with Crippen molar-refractivity contribution in [2.45, 2.75) is 20.1 Å². The summed E-state index contributed by atoms with van der Waals surface area (Å²) in [5.41, 5.74) is 9.10. The predicted octanol–water partition coefficient (Wildman–Crippen LogP) is 3.80. The smallest absolute Gasteiger partial charge is 0.124 e. The van der Waals surface area contributed by atoms with E-state index in [0.717, 1.165) is 21.3 Å². The molecule has 18 heavy (non-hydrogen) atoms. The van der Waals surface area contributed by atoms with Crippen LogP contribution in [0.1, 0.15) is 16.7 Å². The van der Waals surface area contributed by atoms with Gasteiger partial charge in [-0.15, -0.1) is 0 Å². The van der Waals surface area contributed by atoms with Crippen molar-refractivity contribution in [2.24, 2.45) is 5.73 Å². The molecular formula is C15H16BrNO. The Morgan fingerprint density at radius 1 is 1.17 bits per heavy atom. The molecule has 94 valence electrons. The average Bonchev–Trinajstić information content (AvgIpc) is 2.37. The second kappa shape index (κ2) is 6.03. The molecule has 0 aromatic heterocycles. The van der Waals surface area contributed by atoms with E-state index in [0.29, 0.717) is 13.2 Å². The lowest BCUT2D eigenvalue weighted by molar-refractivity contribution is 0.303. The maximum Gasteiger partial charge on any atom is 0.124 e. The normalized spacial score (nSPS) is 10.4. The molecule has 0 saturated heterocycles. The van der Waals surface area contributed by atoms with Gasteiger partial charge in [0.1, 0.15) is 12.4 Å². The molecule has 0 spiro atoms. The third-order valence-corrected chi connectivity index (χ3v) is 3.21. The molecule has 2 aromatic rings. The Bertz CT molecular complexity index is 540. The number of hydrogen-bond acceptors (Lipinski definition) is 2. The van der Waals surface area contributed by atoms with Crippen molar-refractivity contribution in [3.63, 3.8) is 0 Å². The predicted molar refractivity (Wildman–Crippen MR) is 77.5 cm³/mol. The second-order valence-corrected chi connectivity index (χ2v) is 5.15. The minimum Gasteiger partial charge on any atom is -0.489 e. The molecule has 2 aromatic carbocycles. The molecule has 0 amide bonds. The third-order valence-electron chi connectivity index (χ3n) is 2.72. The molecule has 2 rings (SSSR count). The molecule has 0 aliphatic heterocycles. The van der Waals surface area contributed by atoms with E-state index < -0.39 is 0 Å². The van der Waals surface area contributed by atoms with E-state index in [-0.39, 0.29) is 0 Å². The number of nitrogens with two attached hydrogens (primary N) is 1. The first-order valence-electron chi connectivity index (χ1n) is 5.86. The molecule has 0 unspecified atom stereocenters. The summed E-state index contributed by atoms with van der Waals surface area (Å²) in [4.78, 5) is 0. The SMILES string of the molecule is Cc1ccc(OCc2cccc(Br)c2)c(CN)c1. The highest BCUT2D eigenvalue weighted by atomic mass is 79.9. The Kier molecular flexibility index (Phi) is 4.39. The molecule has 0 aliphatic rings. The van der Waals surface area contributed by atoms with Gasteiger partial charge in [0, 0.05) is 16.6 Å². The van der Waals surface area contributed by atoms with Gasteiger partial charge in [-0.05, 0) is 30.7 Å². The van der Waals surface area contributed by atoms with E-state index in [4.69, 9.17) is 10.5 Å². The molecule has 0 bridgehead atoms. The van der Waals surface area contributed by atoms with Crippen LogP contribution >= 0.6 is 15.9 Å². The van der Waals surface area contributed by atoms with Crippen LogP contribution in [0.3, 0.4) is 0 Å². The third kappa shape index (κ3) is 3.34. The van der Waals surface area contributed by atoms with Crippen molar-refractivity contribution in [1.82, 2.24) is 0 Å². The maximum absolute atomic E-state index is 5.82. The Morgan fingerprint density at radius 3 is 2.72 bits per heavy atom. The standard InChI is InChI=1S/C15H16BrNO/c1-11-5-6-15(13(7-11)9-17)18-10-12-3-2-4-14(16)8-12/h2-8H,9-10,17H2,1H3. The molecule has 0 aliphatic carbocycles. The van der Waals surface area contributed by atoms with Crippen molar-refractivity contribution in [3.8, 4) is 5.75 Å². The first-order valence-corrected chi connectivity index (χ1v) is 6.65. The Hall–Kier alpha value is -1.32. The maximum atomic E-state index is 5.82. The summed E-state index contributed by atoms with van der Waals surface area (Å²) < 4.78 is 6.88. The molecule has 0 fully saturated rings.